The number of nitrogens with two attached hydrogens (primary N) is 1. The molecule has 4 nitrogen and oxygen atoms in total. The Bertz CT molecular complexity index is 319. The number of rotatable bonds is 1. The number of hydrogen-bond acceptors (Lipinski definition) is 4. The lowest BCUT2D eigenvalue weighted by Gasteiger charge is -2.08. The first kappa shape index (κ1) is 9.31. The smallest absolute Gasteiger partial charge is 0.157 e. The van der Waals surface area contributed by atoms with Crippen molar-refractivity contribution in [2.45, 2.75) is 4.90 Å². The molecule has 1 unspecified atom stereocenters. The van der Waals surface area contributed by atoms with Gasteiger partial charge in [-0.15, -0.1) is 0 Å². The molecule has 1 rings (SSSR count). The number of phenolic OH excluding ortho intramolecular Hbond substituents is 1. The molecule has 66 valence electrons. The maximum Gasteiger partial charge on any atom is 0.157 e. The Morgan fingerprint density at radius 2 is 2.17 bits per heavy atom. The molecule has 0 heterocycles. The molecule has 0 bridgehead atoms. The van der Waals surface area contributed by atoms with Crippen LogP contribution in [-0.4, -0.2) is 13.9 Å². The van der Waals surface area contributed by atoms with Crippen LogP contribution in [0.5, 0.6) is 5.75 Å². The summed E-state index contributed by atoms with van der Waals surface area (Å²) in [5, 5.41) is 8.98. The average Bonchev–Trinajstić information content (AvgIpc) is 1.99. The predicted molar refractivity (Wildman–Crippen MR) is 44.7 cm³/mol. The molecule has 0 aliphatic carbocycles. The normalized spacial score (nSPS) is 12.8. The van der Waals surface area contributed by atoms with Crippen LogP contribution in [0, 0.1) is 0 Å². The van der Waals surface area contributed by atoms with Crippen LogP contribution in [-0.2, 0) is 11.1 Å². The van der Waals surface area contributed by atoms with Crippen molar-refractivity contribution in [1.82, 2.24) is 0 Å². The molecule has 0 fully saturated rings. The van der Waals surface area contributed by atoms with Crippen molar-refractivity contribution in [3.05, 3.63) is 17.2 Å². The van der Waals surface area contributed by atoms with E-state index in [4.69, 9.17) is 22.4 Å². The van der Waals surface area contributed by atoms with E-state index in [9.17, 15) is 8.76 Å². The fraction of sp³-hybridized carbons (Fsp3) is 0. The quantitative estimate of drug-likeness (QED) is 0.406. The Morgan fingerprint density at radius 3 is 2.58 bits per heavy atom. The number of anilines is 1. The molecule has 0 aliphatic rings. The van der Waals surface area contributed by atoms with E-state index in [1.165, 1.54) is 0 Å². The van der Waals surface area contributed by atoms with Crippen molar-refractivity contribution < 1.29 is 13.9 Å². The molecule has 0 aromatic heterocycles. The molecule has 3 N–H and O–H groups in total. The van der Waals surface area contributed by atoms with Gasteiger partial charge in [-0.25, -0.2) is 0 Å². The fourth-order valence-corrected chi connectivity index (χ4v) is 1.42. The summed E-state index contributed by atoms with van der Waals surface area (Å²) in [4.78, 5) is -0.0460. The topological polar surface area (TPSA) is 86.4 Å². The van der Waals surface area contributed by atoms with E-state index in [-0.39, 0.29) is 21.4 Å². The zero-order valence-electron chi connectivity index (χ0n) is 5.78. The highest BCUT2D eigenvalue weighted by atomic mass is 35.5. The van der Waals surface area contributed by atoms with Crippen LogP contribution in [0.1, 0.15) is 0 Å². The fourth-order valence-electron chi connectivity index (χ4n) is 0.691. The van der Waals surface area contributed by atoms with E-state index < -0.39 is 11.1 Å². The standard InChI is InChI=1S/C6H6ClNO3S/c7-4-1-3(12(10)11)2-5(8)6(4)9/h1-2,9H,8H2,(H,10,11)/p-1. The number of halogens is 1. The molecule has 1 aromatic rings. The molecule has 0 saturated heterocycles. The second-order valence-electron chi connectivity index (χ2n) is 2.08. The van der Waals surface area contributed by atoms with Crippen molar-refractivity contribution >= 4 is 28.4 Å². The van der Waals surface area contributed by atoms with Gasteiger partial charge in [-0.1, -0.05) is 11.6 Å². The minimum Gasteiger partial charge on any atom is -0.768 e. The molecule has 6 heteroatoms. The Labute approximate surface area is 76.2 Å². The Hall–Kier alpha value is -0.780. The summed E-state index contributed by atoms with van der Waals surface area (Å²) in [5.41, 5.74) is 5.20. The van der Waals surface area contributed by atoms with Gasteiger partial charge in [0.1, 0.15) is 0 Å². The van der Waals surface area contributed by atoms with E-state index in [2.05, 4.69) is 0 Å². The first-order valence-electron chi connectivity index (χ1n) is 2.89. The highest BCUT2D eigenvalue weighted by molar-refractivity contribution is 7.79. The maximum atomic E-state index is 10.4. The summed E-state index contributed by atoms with van der Waals surface area (Å²) in [6.45, 7) is 0. The molecule has 1 aromatic carbocycles. The summed E-state index contributed by atoms with van der Waals surface area (Å²) in [5.74, 6) is -0.300. The molecular formula is C6H5ClNO3S-. The lowest BCUT2D eigenvalue weighted by atomic mass is 10.3. The van der Waals surface area contributed by atoms with E-state index >= 15 is 0 Å². The van der Waals surface area contributed by atoms with Crippen LogP contribution in [0.15, 0.2) is 17.0 Å². The largest absolute Gasteiger partial charge is 0.768 e. The third kappa shape index (κ3) is 1.69. The number of phenols is 1. The average molecular weight is 207 g/mol. The summed E-state index contributed by atoms with van der Waals surface area (Å²) < 4.78 is 20.8. The Morgan fingerprint density at radius 1 is 1.58 bits per heavy atom. The van der Waals surface area contributed by atoms with Gasteiger partial charge in [0.25, 0.3) is 0 Å². The number of nitrogen functional groups attached to an aromatic ring is 1. The maximum absolute atomic E-state index is 10.4. The highest BCUT2D eigenvalue weighted by Crippen LogP contribution is 2.31. The molecule has 12 heavy (non-hydrogen) atoms. The van der Waals surface area contributed by atoms with Gasteiger partial charge >= 0.3 is 0 Å². The Balaban J connectivity index is 3.31. The van der Waals surface area contributed by atoms with Crippen molar-refractivity contribution in [1.29, 1.82) is 0 Å². The lowest BCUT2D eigenvalue weighted by molar-refractivity contribution is 0.477. The van der Waals surface area contributed by atoms with E-state index in [1.54, 1.807) is 0 Å². The van der Waals surface area contributed by atoms with Crippen molar-refractivity contribution in [3.63, 3.8) is 0 Å². The van der Waals surface area contributed by atoms with Crippen LogP contribution in [0.4, 0.5) is 5.69 Å². The van der Waals surface area contributed by atoms with Gasteiger partial charge in [-0.05, 0) is 23.2 Å². The van der Waals surface area contributed by atoms with Crippen molar-refractivity contribution in [3.8, 4) is 5.75 Å². The van der Waals surface area contributed by atoms with Gasteiger partial charge in [0, 0.05) is 4.90 Å². The lowest BCUT2D eigenvalue weighted by Crippen LogP contribution is -1.93. The third-order valence-corrected chi connectivity index (χ3v) is 2.17. The first-order valence-corrected chi connectivity index (χ1v) is 4.35. The monoisotopic (exact) mass is 206 g/mol. The van der Waals surface area contributed by atoms with Crippen LogP contribution < -0.4 is 5.73 Å². The number of hydrogen-bond donors (Lipinski definition) is 2. The molecule has 1 atom stereocenters. The first-order chi connectivity index (χ1) is 5.52. The van der Waals surface area contributed by atoms with Crippen molar-refractivity contribution in [2.75, 3.05) is 5.73 Å². The zero-order valence-corrected chi connectivity index (χ0v) is 7.35. The minimum absolute atomic E-state index is 0.0460. The summed E-state index contributed by atoms with van der Waals surface area (Å²) in [7, 11) is 0. The van der Waals surface area contributed by atoms with E-state index in [1.807, 2.05) is 0 Å². The number of aromatic hydroxyl groups is 1. The van der Waals surface area contributed by atoms with Gasteiger partial charge < -0.3 is 15.4 Å². The second kappa shape index (κ2) is 3.30. The predicted octanol–water partition coefficient (Wildman–Crippen LogP) is 0.866. The minimum atomic E-state index is -2.38. The van der Waals surface area contributed by atoms with Crippen LogP contribution in [0.25, 0.3) is 0 Å². The number of benzene rings is 1. The second-order valence-corrected chi connectivity index (χ2v) is 3.43. The zero-order chi connectivity index (χ0) is 9.30. The van der Waals surface area contributed by atoms with Crippen LogP contribution in [0.3, 0.4) is 0 Å². The molecule has 0 spiro atoms. The highest BCUT2D eigenvalue weighted by Gasteiger charge is 2.05. The van der Waals surface area contributed by atoms with Crippen LogP contribution in [0.2, 0.25) is 5.02 Å². The van der Waals surface area contributed by atoms with Crippen LogP contribution >= 0.6 is 11.6 Å². The summed E-state index contributed by atoms with van der Waals surface area (Å²) in [6, 6.07) is 2.25. The molecule has 0 aliphatic heterocycles. The van der Waals surface area contributed by atoms with Gasteiger partial charge in [0.2, 0.25) is 0 Å². The SMILES string of the molecule is Nc1cc(S(=O)[O-])cc(Cl)c1O. The summed E-state index contributed by atoms with van der Waals surface area (Å²) >= 11 is 3.08. The van der Waals surface area contributed by atoms with Gasteiger partial charge in [0.05, 0.1) is 10.7 Å². The molecular weight excluding hydrogens is 202 g/mol. The molecule has 0 amide bonds. The molecule has 0 radical (unpaired) electrons. The van der Waals surface area contributed by atoms with Crippen molar-refractivity contribution in [2.24, 2.45) is 0 Å². The van der Waals surface area contributed by atoms with E-state index in [0.29, 0.717) is 0 Å². The van der Waals surface area contributed by atoms with Gasteiger partial charge in [-0.3, -0.25) is 4.21 Å². The third-order valence-electron chi connectivity index (χ3n) is 1.26. The van der Waals surface area contributed by atoms with Gasteiger partial charge in [-0.2, -0.15) is 0 Å². The van der Waals surface area contributed by atoms with Gasteiger partial charge in [0.15, 0.2) is 5.75 Å². The van der Waals surface area contributed by atoms with E-state index in [0.717, 1.165) is 12.1 Å². The molecule has 0 saturated carbocycles. The summed E-state index contributed by atoms with van der Waals surface area (Å²) in [6.07, 6.45) is 0. The Kier molecular flexibility index (Phi) is 2.56.